The quantitative estimate of drug-likeness (QED) is 0.429. The molecule has 2 atom stereocenters. The number of esters is 1. The molecule has 0 bridgehead atoms. The van der Waals surface area contributed by atoms with Crippen LogP contribution in [0.25, 0.3) is 11.3 Å². The molecule has 1 fully saturated rings. The molecule has 3 heterocycles. The first-order chi connectivity index (χ1) is 15.1. The molecule has 0 radical (unpaired) electrons. The summed E-state index contributed by atoms with van der Waals surface area (Å²) in [5.74, 6) is 0.962. The topological polar surface area (TPSA) is 87.8 Å². The van der Waals surface area contributed by atoms with Crippen molar-refractivity contribution >= 4 is 23.3 Å². The molecule has 160 valence electrons. The number of nitrogens with zero attached hydrogens (tertiary/aromatic N) is 2. The van der Waals surface area contributed by atoms with Crippen molar-refractivity contribution in [2.45, 2.75) is 18.5 Å². The van der Waals surface area contributed by atoms with Crippen molar-refractivity contribution in [3.63, 3.8) is 0 Å². The first-order valence-electron chi connectivity index (χ1n) is 10.00. The Hall–Kier alpha value is -3.23. The Kier molecular flexibility index (Phi) is 6.29. The molecule has 1 aliphatic rings. The summed E-state index contributed by atoms with van der Waals surface area (Å²) in [6.45, 7) is 0.661. The van der Waals surface area contributed by atoms with E-state index in [0.717, 1.165) is 17.0 Å². The number of furan rings is 1. The third-order valence-corrected chi connectivity index (χ3v) is 5.59. The van der Waals surface area contributed by atoms with Gasteiger partial charge in [-0.15, -0.1) is 0 Å². The van der Waals surface area contributed by atoms with Gasteiger partial charge >= 0.3 is 5.97 Å². The number of methoxy groups -OCH3 is 1. The number of hydrogen-bond acceptors (Lipinski definition) is 6. The van der Waals surface area contributed by atoms with Crippen molar-refractivity contribution in [2.24, 2.45) is 0 Å². The Morgan fingerprint density at radius 3 is 2.87 bits per heavy atom. The highest BCUT2D eigenvalue weighted by Gasteiger charge is 2.41. The lowest BCUT2D eigenvalue weighted by molar-refractivity contribution is 0.0601. The summed E-state index contributed by atoms with van der Waals surface area (Å²) in [5.41, 5.74) is 2.09. The fourth-order valence-electron chi connectivity index (χ4n) is 3.78. The van der Waals surface area contributed by atoms with Gasteiger partial charge in [0.25, 0.3) is 0 Å². The molecular weight excluding hydrogens is 414 g/mol. The number of aliphatic hydroxyl groups is 1. The second-order valence-electron chi connectivity index (χ2n) is 7.17. The van der Waals surface area contributed by atoms with E-state index in [-0.39, 0.29) is 18.7 Å². The highest BCUT2D eigenvalue weighted by molar-refractivity contribution is 7.80. The first kappa shape index (κ1) is 21.0. The van der Waals surface area contributed by atoms with Gasteiger partial charge in [-0.05, 0) is 55.0 Å². The van der Waals surface area contributed by atoms with E-state index >= 15 is 0 Å². The number of aromatic nitrogens is 1. The van der Waals surface area contributed by atoms with Gasteiger partial charge in [-0.3, -0.25) is 4.98 Å². The molecule has 2 N–H and O–H groups in total. The molecule has 0 saturated carbocycles. The van der Waals surface area contributed by atoms with Gasteiger partial charge in [0.1, 0.15) is 17.6 Å². The normalized spacial score (nSPS) is 18.1. The van der Waals surface area contributed by atoms with Crippen LogP contribution >= 0.6 is 12.2 Å². The van der Waals surface area contributed by atoms with E-state index in [1.807, 2.05) is 41.3 Å². The zero-order valence-corrected chi connectivity index (χ0v) is 17.8. The minimum absolute atomic E-state index is 0.0732. The van der Waals surface area contributed by atoms with E-state index in [4.69, 9.17) is 21.4 Å². The highest BCUT2D eigenvalue weighted by Crippen LogP contribution is 2.40. The number of benzene rings is 1. The Labute approximate surface area is 185 Å². The van der Waals surface area contributed by atoms with Crippen molar-refractivity contribution in [3.8, 4) is 11.3 Å². The molecule has 3 aromatic rings. The Balaban J connectivity index is 1.69. The minimum atomic E-state index is -0.399. The zero-order valence-electron chi connectivity index (χ0n) is 17.0. The smallest absolute Gasteiger partial charge is 0.337 e. The lowest BCUT2D eigenvalue weighted by Crippen LogP contribution is -2.30. The maximum absolute atomic E-state index is 11.9. The number of aliphatic hydroxyl groups excluding tert-OH is 1. The van der Waals surface area contributed by atoms with Crippen molar-refractivity contribution in [3.05, 3.63) is 77.8 Å². The Morgan fingerprint density at radius 1 is 1.26 bits per heavy atom. The number of thiocarbonyl (C=S) groups is 1. The molecule has 0 aliphatic carbocycles. The van der Waals surface area contributed by atoms with Crippen LogP contribution in [0.2, 0.25) is 0 Å². The van der Waals surface area contributed by atoms with E-state index < -0.39 is 5.97 Å². The standard InChI is InChI=1S/C23H23N3O4S/c1-29-22(28)16-7-4-6-15(14-16)18-9-10-19(30-18)21-20(17-8-2-3-11-24-17)25-23(31)26(21)12-5-13-27/h2-4,6-11,14,20-21,27H,5,12-13H2,1H3,(H,25,31)/t20-,21+/m1/s1. The second kappa shape index (κ2) is 9.28. The van der Waals surface area contributed by atoms with Crippen molar-refractivity contribution < 1.29 is 19.1 Å². The van der Waals surface area contributed by atoms with Gasteiger partial charge < -0.3 is 24.5 Å². The molecular formula is C23H23N3O4S. The Morgan fingerprint density at radius 2 is 2.13 bits per heavy atom. The van der Waals surface area contributed by atoms with E-state index in [1.165, 1.54) is 7.11 Å². The summed E-state index contributed by atoms with van der Waals surface area (Å²) in [6.07, 6.45) is 2.33. The van der Waals surface area contributed by atoms with Crippen molar-refractivity contribution in [1.82, 2.24) is 15.2 Å². The predicted octanol–water partition coefficient (Wildman–Crippen LogP) is 3.48. The average Bonchev–Trinajstić information content (AvgIpc) is 3.42. The van der Waals surface area contributed by atoms with Crippen LogP contribution in [0.1, 0.15) is 40.3 Å². The number of carbonyl (C=O) groups excluding carboxylic acids is 1. The van der Waals surface area contributed by atoms with Crippen molar-refractivity contribution in [2.75, 3.05) is 20.3 Å². The monoisotopic (exact) mass is 437 g/mol. The van der Waals surface area contributed by atoms with Crippen molar-refractivity contribution in [1.29, 1.82) is 0 Å². The molecule has 1 aromatic carbocycles. The van der Waals surface area contributed by atoms with E-state index in [2.05, 4.69) is 10.3 Å². The van der Waals surface area contributed by atoms with Crippen LogP contribution in [0.15, 0.2) is 65.2 Å². The highest BCUT2D eigenvalue weighted by atomic mass is 32.1. The maximum Gasteiger partial charge on any atom is 0.337 e. The molecule has 31 heavy (non-hydrogen) atoms. The van der Waals surface area contributed by atoms with Gasteiger partial charge in [0.15, 0.2) is 5.11 Å². The van der Waals surface area contributed by atoms with Gasteiger partial charge in [-0.1, -0.05) is 18.2 Å². The second-order valence-corrected chi connectivity index (χ2v) is 7.56. The molecule has 0 spiro atoms. The summed E-state index contributed by atoms with van der Waals surface area (Å²) in [6, 6.07) is 16.3. The third kappa shape index (κ3) is 4.30. The minimum Gasteiger partial charge on any atom is -0.465 e. The van der Waals surface area contributed by atoms with Gasteiger partial charge in [0.05, 0.1) is 24.4 Å². The molecule has 2 aromatic heterocycles. The molecule has 7 nitrogen and oxygen atoms in total. The number of pyridine rings is 1. The van der Waals surface area contributed by atoms with E-state index in [0.29, 0.717) is 29.4 Å². The van der Waals surface area contributed by atoms with Crippen LogP contribution in [-0.2, 0) is 4.74 Å². The SMILES string of the molecule is COC(=O)c1cccc(-c2ccc([C@H]3[C@@H](c4ccccn4)NC(=S)N3CCCO)o2)c1. The largest absolute Gasteiger partial charge is 0.465 e. The van der Waals surface area contributed by atoms with Gasteiger partial charge in [0, 0.05) is 24.9 Å². The number of carbonyl (C=O) groups is 1. The zero-order chi connectivity index (χ0) is 21.8. The number of ether oxygens (including phenoxy) is 1. The third-order valence-electron chi connectivity index (χ3n) is 5.24. The predicted molar refractivity (Wildman–Crippen MR) is 119 cm³/mol. The van der Waals surface area contributed by atoms with Crippen LogP contribution in [0.4, 0.5) is 0 Å². The average molecular weight is 438 g/mol. The molecule has 4 rings (SSSR count). The van der Waals surface area contributed by atoms with E-state index in [9.17, 15) is 9.90 Å². The van der Waals surface area contributed by atoms with Gasteiger partial charge in [-0.25, -0.2) is 4.79 Å². The fraction of sp³-hybridized carbons (Fsp3) is 0.261. The molecule has 0 unspecified atom stereocenters. The van der Waals surface area contributed by atoms with Crippen LogP contribution in [0, 0.1) is 0 Å². The van der Waals surface area contributed by atoms with Gasteiger partial charge in [0.2, 0.25) is 0 Å². The van der Waals surface area contributed by atoms with Crippen LogP contribution in [0.5, 0.6) is 0 Å². The van der Waals surface area contributed by atoms with Gasteiger partial charge in [-0.2, -0.15) is 0 Å². The van der Waals surface area contributed by atoms with Crippen LogP contribution < -0.4 is 5.32 Å². The fourth-order valence-corrected chi connectivity index (χ4v) is 4.11. The summed E-state index contributed by atoms with van der Waals surface area (Å²) in [5, 5.41) is 13.3. The molecule has 1 aliphatic heterocycles. The summed E-state index contributed by atoms with van der Waals surface area (Å²) >= 11 is 5.58. The van der Waals surface area contributed by atoms with E-state index in [1.54, 1.807) is 24.4 Å². The maximum atomic E-state index is 11.9. The summed E-state index contributed by atoms with van der Waals surface area (Å²) < 4.78 is 11.1. The number of nitrogens with one attached hydrogen (secondary N) is 1. The Bertz CT molecular complexity index is 1070. The first-order valence-corrected chi connectivity index (χ1v) is 10.4. The lowest BCUT2D eigenvalue weighted by atomic mass is 10.0. The summed E-state index contributed by atoms with van der Waals surface area (Å²) in [4.78, 5) is 18.4. The van der Waals surface area contributed by atoms with Crippen LogP contribution in [0.3, 0.4) is 0 Å². The number of rotatable bonds is 7. The molecule has 8 heteroatoms. The summed E-state index contributed by atoms with van der Waals surface area (Å²) in [7, 11) is 1.36. The molecule has 0 amide bonds. The lowest BCUT2D eigenvalue weighted by Gasteiger charge is -2.25. The van der Waals surface area contributed by atoms with Crippen LogP contribution in [-0.4, -0.2) is 46.3 Å². The molecule has 1 saturated heterocycles. The number of hydrogen-bond donors (Lipinski definition) is 2.